The summed E-state index contributed by atoms with van der Waals surface area (Å²) in [5, 5.41) is 0. The van der Waals surface area contributed by atoms with Crippen LogP contribution in [0.4, 0.5) is 0 Å². The molecule has 1 fully saturated rings. The molecule has 2 atom stereocenters. The van der Waals surface area contributed by atoms with Crippen molar-refractivity contribution in [3.8, 4) is 5.75 Å². The topological polar surface area (TPSA) is 29.5 Å². The molecule has 1 aliphatic heterocycles. The summed E-state index contributed by atoms with van der Waals surface area (Å²) in [4.78, 5) is 15.4. The first-order chi connectivity index (χ1) is 15.7. The monoisotopic (exact) mass is 427 g/mol. The molecule has 0 unspecified atom stereocenters. The van der Waals surface area contributed by atoms with Crippen molar-refractivity contribution in [2.24, 2.45) is 5.92 Å². The number of hydrogen-bond donors (Lipinski definition) is 0. The second kappa shape index (κ2) is 11.0. The molecule has 3 aromatic rings. The van der Waals surface area contributed by atoms with E-state index in [9.17, 15) is 4.79 Å². The summed E-state index contributed by atoms with van der Waals surface area (Å²) in [6.07, 6.45) is 5.50. The second-order valence-corrected chi connectivity index (χ2v) is 8.86. The number of methoxy groups -OCH3 is 1. The highest BCUT2D eigenvalue weighted by Gasteiger charge is 2.31. The molecule has 3 heteroatoms. The van der Waals surface area contributed by atoms with Gasteiger partial charge in [0.1, 0.15) is 5.75 Å². The Morgan fingerprint density at radius 1 is 0.844 bits per heavy atom. The van der Waals surface area contributed by atoms with Gasteiger partial charge in [0.25, 0.3) is 0 Å². The number of likely N-dealkylation sites (tertiary alicyclic amines) is 1. The van der Waals surface area contributed by atoms with E-state index in [2.05, 4.69) is 77.7 Å². The average molecular weight is 428 g/mol. The molecule has 0 N–H and O–H groups in total. The lowest BCUT2D eigenvalue weighted by molar-refractivity contribution is -0.135. The molecule has 1 aliphatic rings. The number of amides is 1. The van der Waals surface area contributed by atoms with Gasteiger partial charge in [-0.15, -0.1) is 0 Å². The Hall–Kier alpha value is -3.07. The van der Waals surface area contributed by atoms with Crippen LogP contribution in [0.3, 0.4) is 0 Å². The van der Waals surface area contributed by atoms with Crippen molar-refractivity contribution in [2.45, 2.75) is 44.6 Å². The molecule has 4 rings (SSSR count). The number of carbonyl (C=O) groups excluding carboxylic acids is 1. The Morgan fingerprint density at radius 3 is 2.09 bits per heavy atom. The average Bonchev–Trinajstić information content (AvgIpc) is 2.84. The van der Waals surface area contributed by atoms with Crippen molar-refractivity contribution in [3.63, 3.8) is 0 Å². The number of aryl methyl sites for hydroxylation is 1. The van der Waals surface area contributed by atoms with Crippen molar-refractivity contribution >= 4 is 5.91 Å². The fraction of sp³-hybridized carbons (Fsp3) is 0.345. The third kappa shape index (κ3) is 6.00. The van der Waals surface area contributed by atoms with Gasteiger partial charge in [0, 0.05) is 19.0 Å². The Kier molecular flexibility index (Phi) is 7.60. The van der Waals surface area contributed by atoms with Crippen molar-refractivity contribution in [2.75, 3.05) is 13.7 Å². The van der Waals surface area contributed by atoms with Crippen molar-refractivity contribution < 1.29 is 9.53 Å². The molecular formula is C29H33NO2. The zero-order valence-electron chi connectivity index (χ0n) is 19.0. The van der Waals surface area contributed by atoms with E-state index >= 15 is 0 Å². The van der Waals surface area contributed by atoms with Crippen LogP contribution in [0.25, 0.3) is 0 Å². The van der Waals surface area contributed by atoms with Crippen LogP contribution in [0.2, 0.25) is 0 Å². The number of hydrogen-bond acceptors (Lipinski definition) is 2. The zero-order valence-corrected chi connectivity index (χ0v) is 19.0. The van der Waals surface area contributed by atoms with E-state index in [1.807, 2.05) is 12.1 Å². The van der Waals surface area contributed by atoms with Gasteiger partial charge in [-0.25, -0.2) is 0 Å². The third-order valence-electron chi connectivity index (χ3n) is 6.61. The van der Waals surface area contributed by atoms with Gasteiger partial charge in [-0.2, -0.15) is 0 Å². The van der Waals surface area contributed by atoms with Gasteiger partial charge in [0.2, 0.25) is 5.91 Å². The van der Waals surface area contributed by atoms with E-state index in [1.165, 1.54) is 16.7 Å². The Labute approximate surface area is 192 Å². The van der Waals surface area contributed by atoms with Gasteiger partial charge < -0.3 is 9.64 Å². The van der Waals surface area contributed by atoms with Crippen molar-refractivity contribution in [1.29, 1.82) is 0 Å². The quantitative estimate of drug-likeness (QED) is 0.460. The number of piperidine rings is 1. The van der Waals surface area contributed by atoms with Crippen LogP contribution in [-0.2, 0) is 24.1 Å². The van der Waals surface area contributed by atoms with E-state index in [-0.39, 0.29) is 11.9 Å². The number of nitrogens with zero attached hydrogens (tertiary/aromatic N) is 1. The fourth-order valence-corrected chi connectivity index (χ4v) is 4.86. The summed E-state index contributed by atoms with van der Waals surface area (Å²) in [6, 6.07) is 29.7. The number of rotatable bonds is 8. The Morgan fingerprint density at radius 2 is 1.47 bits per heavy atom. The van der Waals surface area contributed by atoms with Gasteiger partial charge in [0.05, 0.1) is 7.11 Å². The molecule has 1 heterocycles. The predicted molar refractivity (Wildman–Crippen MR) is 130 cm³/mol. The molecule has 32 heavy (non-hydrogen) atoms. The minimum absolute atomic E-state index is 0.267. The van der Waals surface area contributed by atoms with Crippen LogP contribution in [0.15, 0.2) is 84.9 Å². The van der Waals surface area contributed by atoms with Crippen LogP contribution in [-0.4, -0.2) is 30.5 Å². The largest absolute Gasteiger partial charge is 0.497 e. The maximum atomic E-state index is 13.3. The molecule has 0 spiro atoms. The Balaban J connectivity index is 1.41. The van der Waals surface area contributed by atoms with Crippen LogP contribution >= 0.6 is 0 Å². The molecule has 3 nitrogen and oxygen atoms in total. The van der Waals surface area contributed by atoms with Gasteiger partial charge in [-0.05, 0) is 66.8 Å². The summed E-state index contributed by atoms with van der Waals surface area (Å²) in [5.74, 6) is 1.75. The van der Waals surface area contributed by atoms with Gasteiger partial charge in [0.15, 0.2) is 0 Å². The standard InChI is InChI=1S/C29H33NO2/c1-32-28-15-12-23(13-16-28)14-17-29(31)30-19-18-26(20-24-8-4-2-5-9-24)22-27(30)21-25-10-6-3-7-11-25/h2-13,15-16,26-27H,14,17-22H2,1H3/t26-,27+/m1/s1. The molecule has 166 valence electrons. The molecule has 1 saturated heterocycles. The third-order valence-corrected chi connectivity index (χ3v) is 6.61. The molecule has 0 radical (unpaired) electrons. The summed E-state index contributed by atoms with van der Waals surface area (Å²) in [5.41, 5.74) is 3.89. The van der Waals surface area contributed by atoms with Crippen LogP contribution < -0.4 is 4.74 Å². The summed E-state index contributed by atoms with van der Waals surface area (Å²) < 4.78 is 5.24. The minimum atomic E-state index is 0.267. The molecular weight excluding hydrogens is 394 g/mol. The van der Waals surface area contributed by atoms with E-state index < -0.39 is 0 Å². The van der Waals surface area contributed by atoms with E-state index in [4.69, 9.17) is 4.74 Å². The highest BCUT2D eigenvalue weighted by Crippen LogP contribution is 2.29. The zero-order chi connectivity index (χ0) is 22.2. The number of benzene rings is 3. The summed E-state index contributed by atoms with van der Waals surface area (Å²) >= 11 is 0. The van der Waals surface area contributed by atoms with E-state index in [0.717, 1.165) is 44.4 Å². The molecule has 0 aliphatic carbocycles. The summed E-state index contributed by atoms with van der Waals surface area (Å²) in [6.45, 7) is 0.858. The first-order valence-electron chi connectivity index (χ1n) is 11.7. The fourth-order valence-electron chi connectivity index (χ4n) is 4.86. The van der Waals surface area contributed by atoms with E-state index in [1.54, 1.807) is 7.11 Å². The number of ether oxygens (including phenoxy) is 1. The van der Waals surface area contributed by atoms with Crippen LogP contribution in [0.1, 0.15) is 36.0 Å². The van der Waals surface area contributed by atoms with Crippen molar-refractivity contribution in [1.82, 2.24) is 4.90 Å². The van der Waals surface area contributed by atoms with Gasteiger partial charge in [-0.3, -0.25) is 4.79 Å². The maximum Gasteiger partial charge on any atom is 0.223 e. The lowest BCUT2D eigenvalue weighted by Gasteiger charge is -2.40. The highest BCUT2D eigenvalue weighted by atomic mass is 16.5. The highest BCUT2D eigenvalue weighted by molar-refractivity contribution is 5.77. The first-order valence-corrected chi connectivity index (χ1v) is 11.7. The lowest BCUT2D eigenvalue weighted by Crippen LogP contribution is -2.47. The lowest BCUT2D eigenvalue weighted by atomic mass is 9.83. The molecule has 0 saturated carbocycles. The van der Waals surface area contributed by atoms with Crippen LogP contribution in [0.5, 0.6) is 5.75 Å². The van der Waals surface area contributed by atoms with Crippen molar-refractivity contribution in [3.05, 3.63) is 102 Å². The molecule has 1 amide bonds. The summed E-state index contributed by atoms with van der Waals surface area (Å²) in [7, 11) is 1.67. The number of carbonyl (C=O) groups is 1. The molecule has 0 bridgehead atoms. The Bertz CT molecular complexity index is 969. The van der Waals surface area contributed by atoms with Gasteiger partial charge >= 0.3 is 0 Å². The SMILES string of the molecule is COc1ccc(CCC(=O)N2CC[C@H](Cc3ccccc3)C[C@@H]2Cc2ccccc2)cc1. The smallest absolute Gasteiger partial charge is 0.223 e. The molecule has 0 aromatic heterocycles. The normalized spacial score (nSPS) is 18.3. The second-order valence-electron chi connectivity index (χ2n) is 8.86. The predicted octanol–water partition coefficient (Wildman–Crippen LogP) is 5.72. The van der Waals surface area contributed by atoms with Crippen LogP contribution in [0, 0.1) is 5.92 Å². The first kappa shape index (κ1) is 22.1. The van der Waals surface area contributed by atoms with E-state index in [0.29, 0.717) is 12.3 Å². The molecule has 3 aromatic carbocycles. The minimum Gasteiger partial charge on any atom is -0.497 e. The van der Waals surface area contributed by atoms with Gasteiger partial charge in [-0.1, -0.05) is 72.8 Å². The maximum absolute atomic E-state index is 13.3.